The van der Waals surface area contributed by atoms with E-state index in [2.05, 4.69) is 0 Å². The van der Waals surface area contributed by atoms with Crippen molar-refractivity contribution in [2.45, 2.75) is 0 Å². The minimum absolute atomic E-state index is 0.164. The predicted molar refractivity (Wildman–Crippen MR) is 72.0 cm³/mol. The van der Waals surface area contributed by atoms with Crippen LogP contribution < -0.4 is 0 Å². The lowest BCUT2D eigenvalue weighted by Crippen LogP contribution is -2.34. The first-order valence-electron chi connectivity index (χ1n) is 6.74. The molecule has 2 aliphatic rings. The summed E-state index contributed by atoms with van der Waals surface area (Å²) in [6, 6.07) is 0. The molecule has 3 amide bonds. The third-order valence-corrected chi connectivity index (χ3v) is 3.02. The van der Waals surface area contributed by atoms with Gasteiger partial charge in [-0.15, -0.1) is 0 Å². The number of hydrogen-bond donors (Lipinski definition) is 0. The highest BCUT2D eigenvalue weighted by Crippen LogP contribution is 2.03. The summed E-state index contributed by atoms with van der Waals surface area (Å²) in [7, 11) is 0. The topological polar surface area (TPSA) is 96.2 Å². The van der Waals surface area contributed by atoms with Crippen LogP contribution in [0.4, 0.5) is 0 Å². The summed E-state index contributed by atoms with van der Waals surface area (Å²) in [5, 5.41) is 1.01. The van der Waals surface area contributed by atoms with Gasteiger partial charge in [-0.05, 0) is 0 Å². The number of ether oxygens (including phenoxy) is 2. The Bertz CT molecular complexity index is 458. The SMILES string of the molecule is O=C1C=CC(=O)N1CCOCCOCCN1C(=O)C=C[N+]1=O. The van der Waals surface area contributed by atoms with Crippen molar-refractivity contribution in [3.05, 3.63) is 29.3 Å². The molecule has 2 heterocycles. The van der Waals surface area contributed by atoms with E-state index in [1.165, 1.54) is 18.2 Å². The van der Waals surface area contributed by atoms with E-state index in [4.69, 9.17) is 9.47 Å². The average Bonchev–Trinajstić information content (AvgIpc) is 2.98. The van der Waals surface area contributed by atoms with Crippen LogP contribution in [0.5, 0.6) is 0 Å². The van der Waals surface area contributed by atoms with Crippen LogP contribution in [-0.4, -0.2) is 72.0 Å². The number of carbonyl (C=O) groups is 3. The van der Waals surface area contributed by atoms with E-state index >= 15 is 0 Å². The van der Waals surface area contributed by atoms with Gasteiger partial charge in [0, 0.05) is 12.2 Å². The van der Waals surface area contributed by atoms with Crippen LogP contribution in [0.25, 0.3) is 0 Å². The summed E-state index contributed by atoms with van der Waals surface area (Å²) in [5.74, 6) is -1.05. The summed E-state index contributed by atoms with van der Waals surface area (Å²) >= 11 is 0. The van der Waals surface area contributed by atoms with E-state index in [0.29, 0.717) is 4.87 Å². The molecule has 0 aromatic carbocycles. The lowest BCUT2D eigenvalue weighted by Gasteiger charge is -2.13. The van der Waals surface area contributed by atoms with E-state index < -0.39 is 0 Å². The summed E-state index contributed by atoms with van der Waals surface area (Å²) in [6.07, 6.45) is 4.77. The van der Waals surface area contributed by atoms with Crippen molar-refractivity contribution in [1.29, 1.82) is 0 Å². The Morgan fingerprint density at radius 1 is 0.818 bits per heavy atom. The zero-order valence-electron chi connectivity index (χ0n) is 11.8. The highest BCUT2D eigenvalue weighted by Gasteiger charge is 2.31. The zero-order chi connectivity index (χ0) is 15.9. The standard InChI is InChI=1S/C13H16N3O6/c17-11-1-2-12(18)14(11)5-7-21-9-10-22-8-6-15-13(19)3-4-16(15)20/h1-4H,5-10H2/q+1. The maximum absolute atomic E-state index is 11.2. The maximum atomic E-state index is 11.2. The maximum Gasteiger partial charge on any atom is 0.312 e. The molecule has 9 nitrogen and oxygen atoms in total. The highest BCUT2D eigenvalue weighted by molar-refractivity contribution is 6.12. The normalized spacial score (nSPS) is 17.5. The predicted octanol–water partition coefficient (Wildman–Crippen LogP) is -1.01. The fourth-order valence-corrected chi connectivity index (χ4v) is 1.88. The van der Waals surface area contributed by atoms with Crippen LogP contribution >= 0.6 is 0 Å². The van der Waals surface area contributed by atoms with Gasteiger partial charge in [-0.1, -0.05) is 5.01 Å². The van der Waals surface area contributed by atoms with Crippen molar-refractivity contribution in [1.82, 2.24) is 9.91 Å². The van der Waals surface area contributed by atoms with Gasteiger partial charge < -0.3 is 9.47 Å². The molecule has 0 atom stereocenters. The highest BCUT2D eigenvalue weighted by atomic mass is 16.5. The van der Waals surface area contributed by atoms with Crippen LogP contribution in [-0.2, 0) is 23.9 Å². The average molecular weight is 310 g/mol. The minimum atomic E-state index is -0.372. The molecule has 22 heavy (non-hydrogen) atoms. The van der Waals surface area contributed by atoms with Gasteiger partial charge in [-0.25, -0.2) is 0 Å². The second kappa shape index (κ2) is 7.57. The molecule has 0 fully saturated rings. The third-order valence-electron chi connectivity index (χ3n) is 3.02. The number of carbonyl (C=O) groups excluding carboxylic acids is 3. The first kappa shape index (κ1) is 16.0. The molecule has 118 valence electrons. The lowest BCUT2D eigenvalue weighted by molar-refractivity contribution is -0.626. The van der Waals surface area contributed by atoms with E-state index in [9.17, 15) is 19.3 Å². The number of imide groups is 1. The van der Waals surface area contributed by atoms with E-state index in [1.807, 2.05) is 0 Å². The van der Waals surface area contributed by atoms with Gasteiger partial charge >= 0.3 is 5.91 Å². The van der Waals surface area contributed by atoms with Crippen LogP contribution in [0.3, 0.4) is 0 Å². The zero-order valence-corrected chi connectivity index (χ0v) is 11.8. The Morgan fingerprint density at radius 2 is 1.41 bits per heavy atom. The van der Waals surface area contributed by atoms with Crippen molar-refractivity contribution in [2.24, 2.45) is 0 Å². The van der Waals surface area contributed by atoms with Crippen LogP contribution in [0.1, 0.15) is 0 Å². The van der Waals surface area contributed by atoms with Crippen molar-refractivity contribution >= 4 is 17.7 Å². The molecule has 0 bridgehead atoms. The fraction of sp³-hybridized carbons (Fsp3) is 0.462. The number of nitroso groups, excluding NO2 is 1. The molecule has 0 aliphatic carbocycles. The Kier molecular flexibility index (Phi) is 5.50. The molecule has 0 spiro atoms. The number of nitrogens with zero attached hydrogens (tertiary/aromatic N) is 3. The van der Waals surface area contributed by atoms with E-state index in [0.717, 1.165) is 16.1 Å². The minimum Gasteiger partial charge on any atom is -0.377 e. The van der Waals surface area contributed by atoms with E-state index in [-0.39, 0.29) is 57.2 Å². The van der Waals surface area contributed by atoms with Crippen LogP contribution in [0.15, 0.2) is 24.4 Å². The summed E-state index contributed by atoms with van der Waals surface area (Å²) < 4.78 is 10.5. The lowest BCUT2D eigenvalue weighted by atomic mass is 10.5. The van der Waals surface area contributed by atoms with Gasteiger partial charge in [0.25, 0.3) is 18.0 Å². The Hall–Kier alpha value is -2.39. The van der Waals surface area contributed by atoms with Crippen LogP contribution in [0, 0.1) is 4.91 Å². The van der Waals surface area contributed by atoms with Crippen molar-refractivity contribution in [2.75, 3.05) is 39.5 Å². The summed E-state index contributed by atoms with van der Waals surface area (Å²) in [4.78, 5) is 46.4. The smallest absolute Gasteiger partial charge is 0.312 e. The molecule has 0 unspecified atom stereocenters. The van der Waals surface area contributed by atoms with Gasteiger partial charge in [0.1, 0.15) is 6.54 Å². The van der Waals surface area contributed by atoms with E-state index in [1.54, 1.807) is 0 Å². The molecule has 0 radical (unpaired) electrons. The van der Waals surface area contributed by atoms with Crippen LogP contribution in [0.2, 0.25) is 0 Å². The first-order chi connectivity index (χ1) is 10.6. The molecule has 2 aliphatic heterocycles. The second-order valence-corrected chi connectivity index (χ2v) is 4.47. The molecule has 0 saturated carbocycles. The van der Waals surface area contributed by atoms with Crippen molar-refractivity contribution in [3.63, 3.8) is 0 Å². The fourth-order valence-electron chi connectivity index (χ4n) is 1.88. The number of amides is 3. The van der Waals surface area contributed by atoms with Gasteiger partial charge in [0.2, 0.25) is 0 Å². The van der Waals surface area contributed by atoms with Crippen molar-refractivity contribution < 1.29 is 28.7 Å². The Morgan fingerprint density at radius 3 is 1.95 bits per heavy atom. The molecular weight excluding hydrogens is 294 g/mol. The molecule has 2 rings (SSSR count). The molecular formula is C13H16N3O6+. The first-order valence-corrected chi connectivity index (χ1v) is 6.74. The molecule has 9 heteroatoms. The summed E-state index contributed by atoms with van der Waals surface area (Å²) in [5.41, 5.74) is 0. The quantitative estimate of drug-likeness (QED) is 0.308. The molecule has 0 saturated heterocycles. The molecule has 0 N–H and O–H groups in total. The largest absolute Gasteiger partial charge is 0.377 e. The Balaban J connectivity index is 1.47. The second-order valence-electron chi connectivity index (χ2n) is 4.47. The Labute approximate surface area is 126 Å². The number of rotatable bonds is 9. The number of hydrazine groups is 1. The van der Waals surface area contributed by atoms with Gasteiger partial charge in [-0.3, -0.25) is 19.3 Å². The van der Waals surface area contributed by atoms with Gasteiger partial charge in [0.15, 0.2) is 4.87 Å². The summed E-state index contributed by atoms with van der Waals surface area (Å²) in [6.45, 7) is 1.38. The monoisotopic (exact) mass is 310 g/mol. The van der Waals surface area contributed by atoms with Gasteiger partial charge in [-0.2, -0.15) is 0 Å². The molecule has 0 aromatic rings. The van der Waals surface area contributed by atoms with Crippen molar-refractivity contribution in [3.8, 4) is 0 Å². The number of hydrogen-bond acceptors (Lipinski definition) is 6. The van der Waals surface area contributed by atoms with Gasteiger partial charge in [0.05, 0.1) is 44.0 Å². The molecule has 0 aromatic heterocycles. The third kappa shape index (κ3) is 4.06.